The van der Waals surface area contributed by atoms with Crippen LogP contribution in [0.15, 0.2) is 42.7 Å². The first-order valence-corrected chi connectivity index (χ1v) is 6.44. The number of hydrogen-bond donors (Lipinski definition) is 1. The lowest BCUT2D eigenvalue weighted by Crippen LogP contribution is -2.26. The third-order valence-electron chi connectivity index (χ3n) is 2.95. The van der Waals surface area contributed by atoms with Crippen molar-refractivity contribution in [3.05, 3.63) is 54.1 Å². The van der Waals surface area contributed by atoms with Crippen molar-refractivity contribution in [2.45, 2.75) is 19.9 Å². The van der Waals surface area contributed by atoms with Gasteiger partial charge in [0.2, 0.25) is 0 Å². The number of aryl methyl sites for hydroxylation is 1. The van der Waals surface area contributed by atoms with Gasteiger partial charge in [-0.05, 0) is 25.1 Å². The summed E-state index contributed by atoms with van der Waals surface area (Å²) in [6, 6.07) is 9.75. The molecule has 104 valence electrons. The van der Waals surface area contributed by atoms with E-state index in [1.54, 1.807) is 18.5 Å². The highest BCUT2D eigenvalue weighted by Crippen LogP contribution is 2.17. The molecule has 2 rings (SSSR count). The van der Waals surface area contributed by atoms with E-state index in [0.29, 0.717) is 18.9 Å². The van der Waals surface area contributed by atoms with Crippen LogP contribution in [0.2, 0.25) is 0 Å². The van der Waals surface area contributed by atoms with Gasteiger partial charge in [-0.15, -0.1) is 0 Å². The largest absolute Gasteiger partial charge is 0.481 e. The minimum atomic E-state index is -0.809. The summed E-state index contributed by atoms with van der Waals surface area (Å²) in [5, 5.41) is 8.86. The number of aliphatic carboxylic acids is 1. The van der Waals surface area contributed by atoms with Gasteiger partial charge in [-0.2, -0.15) is 0 Å². The molecule has 0 unspecified atom stereocenters. The van der Waals surface area contributed by atoms with Crippen molar-refractivity contribution >= 4 is 11.7 Å². The van der Waals surface area contributed by atoms with Crippen molar-refractivity contribution < 1.29 is 9.90 Å². The van der Waals surface area contributed by atoms with E-state index in [1.807, 2.05) is 36.1 Å². The number of aromatic nitrogens is 2. The Morgan fingerprint density at radius 3 is 2.45 bits per heavy atom. The first-order valence-electron chi connectivity index (χ1n) is 6.44. The maximum absolute atomic E-state index is 10.8. The fourth-order valence-corrected chi connectivity index (χ4v) is 1.87. The molecule has 0 fully saturated rings. The van der Waals surface area contributed by atoms with Gasteiger partial charge in [0.05, 0.1) is 13.0 Å². The summed E-state index contributed by atoms with van der Waals surface area (Å²) in [4.78, 5) is 21.1. The van der Waals surface area contributed by atoms with Gasteiger partial charge in [0.25, 0.3) is 0 Å². The zero-order chi connectivity index (χ0) is 14.4. The van der Waals surface area contributed by atoms with Crippen LogP contribution in [0.1, 0.15) is 17.8 Å². The molecule has 1 heterocycles. The van der Waals surface area contributed by atoms with Gasteiger partial charge in [-0.25, -0.2) is 9.97 Å². The molecule has 0 aliphatic heterocycles. The number of carbonyl (C=O) groups is 1. The zero-order valence-corrected chi connectivity index (χ0v) is 11.4. The third-order valence-corrected chi connectivity index (χ3v) is 2.95. The quantitative estimate of drug-likeness (QED) is 0.873. The number of carboxylic acids is 1. The number of nitrogens with zero attached hydrogens (tertiary/aromatic N) is 3. The Balaban J connectivity index is 2.15. The lowest BCUT2D eigenvalue weighted by atomic mass is 10.2. The molecular weight excluding hydrogens is 254 g/mol. The summed E-state index contributed by atoms with van der Waals surface area (Å²) in [7, 11) is 0. The molecule has 0 saturated carbocycles. The average molecular weight is 271 g/mol. The molecular formula is C15H17N3O2. The number of hydrogen-bond acceptors (Lipinski definition) is 4. The number of carboxylic acid groups (broad SMARTS) is 1. The van der Waals surface area contributed by atoms with Crippen LogP contribution in [0.3, 0.4) is 0 Å². The van der Waals surface area contributed by atoms with Gasteiger partial charge in [0.1, 0.15) is 5.82 Å². The molecule has 5 heteroatoms. The Bertz CT molecular complexity index is 555. The smallest absolute Gasteiger partial charge is 0.305 e. The Labute approximate surface area is 117 Å². The maximum Gasteiger partial charge on any atom is 0.305 e. The van der Waals surface area contributed by atoms with Crippen LogP contribution in [0.5, 0.6) is 0 Å². The molecule has 20 heavy (non-hydrogen) atoms. The summed E-state index contributed by atoms with van der Waals surface area (Å²) in [5.74, 6) is -0.130. The van der Waals surface area contributed by atoms with Gasteiger partial charge in [-0.1, -0.05) is 17.7 Å². The van der Waals surface area contributed by atoms with Crippen LogP contribution in [-0.4, -0.2) is 27.6 Å². The Morgan fingerprint density at radius 2 is 1.85 bits per heavy atom. The molecule has 1 N–H and O–H groups in total. The van der Waals surface area contributed by atoms with Crippen LogP contribution in [-0.2, 0) is 11.3 Å². The van der Waals surface area contributed by atoms with E-state index in [9.17, 15) is 4.79 Å². The molecule has 5 nitrogen and oxygen atoms in total. The second-order valence-corrected chi connectivity index (χ2v) is 4.57. The van der Waals surface area contributed by atoms with E-state index in [0.717, 1.165) is 5.69 Å². The molecule has 0 aliphatic carbocycles. The Morgan fingerprint density at radius 1 is 1.20 bits per heavy atom. The predicted octanol–water partition coefficient (Wildman–Crippen LogP) is 2.27. The SMILES string of the molecule is Cc1ccc(N(CCC(=O)O)Cc2ncccn2)cc1. The number of anilines is 1. The third kappa shape index (κ3) is 4.05. The zero-order valence-electron chi connectivity index (χ0n) is 11.4. The lowest BCUT2D eigenvalue weighted by Gasteiger charge is -2.23. The maximum atomic E-state index is 10.8. The van der Waals surface area contributed by atoms with Crippen molar-refractivity contribution in [1.29, 1.82) is 0 Å². The van der Waals surface area contributed by atoms with Crippen molar-refractivity contribution in [3.63, 3.8) is 0 Å². The monoisotopic (exact) mass is 271 g/mol. The standard InChI is InChI=1S/C15H17N3O2/c1-12-3-5-13(6-4-12)18(10-7-15(19)20)11-14-16-8-2-9-17-14/h2-6,8-9H,7,10-11H2,1H3,(H,19,20). The Hall–Kier alpha value is -2.43. The van der Waals surface area contributed by atoms with Crippen LogP contribution >= 0.6 is 0 Å². The van der Waals surface area contributed by atoms with E-state index < -0.39 is 5.97 Å². The first-order chi connectivity index (χ1) is 9.65. The van der Waals surface area contributed by atoms with E-state index in [1.165, 1.54) is 5.56 Å². The second-order valence-electron chi connectivity index (χ2n) is 4.57. The van der Waals surface area contributed by atoms with E-state index in [4.69, 9.17) is 5.11 Å². The number of rotatable bonds is 6. The molecule has 0 spiro atoms. The highest BCUT2D eigenvalue weighted by molar-refractivity contribution is 5.67. The number of benzene rings is 1. The minimum absolute atomic E-state index is 0.0840. The van der Waals surface area contributed by atoms with E-state index >= 15 is 0 Å². The van der Waals surface area contributed by atoms with Gasteiger partial charge in [-0.3, -0.25) is 4.79 Å². The highest BCUT2D eigenvalue weighted by Gasteiger charge is 2.10. The van der Waals surface area contributed by atoms with Crippen LogP contribution in [0, 0.1) is 6.92 Å². The molecule has 1 aromatic heterocycles. The molecule has 0 atom stereocenters. The normalized spacial score (nSPS) is 10.2. The minimum Gasteiger partial charge on any atom is -0.481 e. The molecule has 0 saturated heterocycles. The van der Waals surface area contributed by atoms with Crippen molar-refractivity contribution in [3.8, 4) is 0 Å². The summed E-state index contributed by atoms with van der Waals surface area (Å²) in [5.41, 5.74) is 2.15. The van der Waals surface area contributed by atoms with Crippen LogP contribution in [0.25, 0.3) is 0 Å². The van der Waals surface area contributed by atoms with Gasteiger partial charge >= 0.3 is 5.97 Å². The molecule has 0 amide bonds. The van der Waals surface area contributed by atoms with Gasteiger partial charge in [0.15, 0.2) is 0 Å². The molecule has 0 radical (unpaired) electrons. The molecule has 1 aromatic carbocycles. The van der Waals surface area contributed by atoms with E-state index in [2.05, 4.69) is 9.97 Å². The highest BCUT2D eigenvalue weighted by atomic mass is 16.4. The molecule has 0 bridgehead atoms. The summed E-state index contributed by atoms with van der Waals surface area (Å²) in [6.45, 7) is 2.94. The fraction of sp³-hybridized carbons (Fsp3) is 0.267. The summed E-state index contributed by atoms with van der Waals surface area (Å²) in [6.07, 6.45) is 3.46. The Kier molecular flexibility index (Phi) is 4.65. The fourth-order valence-electron chi connectivity index (χ4n) is 1.87. The average Bonchev–Trinajstić information content (AvgIpc) is 2.45. The summed E-state index contributed by atoms with van der Waals surface area (Å²) < 4.78 is 0. The van der Waals surface area contributed by atoms with Crippen LogP contribution < -0.4 is 4.90 Å². The van der Waals surface area contributed by atoms with Gasteiger partial charge < -0.3 is 10.0 Å². The van der Waals surface area contributed by atoms with Crippen molar-refractivity contribution in [2.24, 2.45) is 0 Å². The lowest BCUT2D eigenvalue weighted by molar-refractivity contribution is -0.136. The van der Waals surface area contributed by atoms with Crippen molar-refractivity contribution in [2.75, 3.05) is 11.4 Å². The first kappa shape index (κ1) is 14.0. The van der Waals surface area contributed by atoms with Gasteiger partial charge in [0, 0.05) is 24.6 Å². The predicted molar refractivity (Wildman–Crippen MR) is 76.5 cm³/mol. The molecule has 0 aliphatic rings. The van der Waals surface area contributed by atoms with Crippen molar-refractivity contribution in [1.82, 2.24) is 9.97 Å². The summed E-state index contributed by atoms with van der Waals surface area (Å²) >= 11 is 0. The van der Waals surface area contributed by atoms with Crippen LogP contribution in [0.4, 0.5) is 5.69 Å². The topological polar surface area (TPSA) is 66.3 Å². The van der Waals surface area contributed by atoms with E-state index in [-0.39, 0.29) is 6.42 Å². The second kappa shape index (κ2) is 6.65. The molecule has 2 aromatic rings.